The van der Waals surface area contributed by atoms with E-state index in [1.54, 1.807) is 0 Å². The van der Waals surface area contributed by atoms with Crippen LogP contribution in [-0.4, -0.2) is 28.7 Å². The van der Waals surface area contributed by atoms with E-state index in [2.05, 4.69) is 4.90 Å². The van der Waals surface area contributed by atoms with E-state index in [1.165, 1.54) is 0 Å². The van der Waals surface area contributed by atoms with E-state index >= 15 is 0 Å². The quantitative estimate of drug-likeness (QED) is 0.725. The lowest BCUT2D eigenvalue weighted by molar-refractivity contribution is 0.228. The second-order valence-electron chi connectivity index (χ2n) is 5.39. The van der Waals surface area contributed by atoms with Crippen LogP contribution in [0.25, 0.3) is 11.1 Å². The Balaban J connectivity index is 2.20. The summed E-state index contributed by atoms with van der Waals surface area (Å²) in [5.74, 6) is -1.20. The van der Waals surface area contributed by atoms with Crippen molar-refractivity contribution in [2.45, 2.75) is 18.9 Å². The molecular weight excluding hydrogens is 250 g/mol. The number of phenolic OH excluding ortho intramolecular Hbond substituents is 2. The van der Waals surface area contributed by atoms with Gasteiger partial charge in [-0.05, 0) is 48.2 Å². The molecule has 2 aromatic carbocycles. The Bertz CT molecular complexity index is 944. The van der Waals surface area contributed by atoms with Gasteiger partial charge in [-0.25, -0.2) is 0 Å². The van der Waals surface area contributed by atoms with Crippen molar-refractivity contribution in [3.63, 3.8) is 0 Å². The molecule has 4 rings (SSSR count). The highest BCUT2D eigenvalue weighted by molar-refractivity contribution is 5.82. The molecule has 0 saturated heterocycles. The van der Waals surface area contributed by atoms with Crippen LogP contribution in [0.5, 0.6) is 11.5 Å². The van der Waals surface area contributed by atoms with Gasteiger partial charge in [-0.3, -0.25) is 4.90 Å². The summed E-state index contributed by atoms with van der Waals surface area (Å²) in [4.78, 5) is 2.07. The molecule has 0 spiro atoms. The number of phenols is 2. The first-order chi connectivity index (χ1) is 11.8. The van der Waals surface area contributed by atoms with Gasteiger partial charge in [0, 0.05) is 18.2 Å². The van der Waals surface area contributed by atoms with Crippen LogP contribution >= 0.6 is 0 Å². The van der Waals surface area contributed by atoms with Crippen molar-refractivity contribution in [3.05, 3.63) is 46.9 Å². The van der Waals surface area contributed by atoms with E-state index in [0.29, 0.717) is 36.1 Å². The van der Waals surface area contributed by atoms with Gasteiger partial charge in [0.25, 0.3) is 0 Å². The molecule has 0 unspecified atom stereocenters. The summed E-state index contributed by atoms with van der Waals surface area (Å²) in [6, 6.07) is -1.14. The topological polar surface area (TPSA) is 43.7 Å². The molecule has 0 bridgehead atoms. The fourth-order valence-electron chi connectivity index (χ4n) is 3.27. The summed E-state index contributed by atoms with van der Waals surface area (Å²) in [6.07, 6.45) is 0.938. The highest BCUT2D eigenvalue weighted by Gasteiger charge is 2.33. The van der Waals surface area contributed by atoms with Gasteiger partial charge >= 0.3 is 0 Å². The first kappa shape index (κ1) is 7.70. The molecule has 1 aliphatic heterocycles. The van der Waals surface area contributed by atoms with Gasteiger partial charge in [-0.1, -0.05) is 24.2 Å². The number of fused-ring (bicyclic) bond motifs is 2. The first-order valence-corrected chi connectivity index (χ1v) is 6.62. The van der Waals surface area contributed by atoms with Crippen LogP contribution in [0.2, 0.25) is 0 Å². The van der Waals surface area contributed by atoms with E-state index in [1.807, 2.05) is 7.05 Å². The number of benzene rings is 2. The Kier molecular flexibility index (Phi) is 1.54. The predicted molar refractivity (Wildman–Crippen MR) is 78.0 cm³/mol. The van der Waals surface area contributed by atoms with Crippen LogP contribution in [0.15, 0.2) is 30.2 Å². The predicted octanol–water partition coefficient (Wildman–Crippen LogP) is 2.85. The van der Waals surface area contributed by atoms with Crippen molar-refractivity contribution in [1.82, 2.24) is 4.90 Å². The summed E-state index contributed by atoms with van der Waals surface area (Å²) >= 11 is 0. The zero-order chi connectivity index (χ0) is 18.2. The first-order valence-electron chi connectivity index (χ1n) is 9.12. The third-order valence-corrected chi connectivity index (χ3v) is 4.32. The Morgan fingerprint density at radius 1 is 1.20 bits per heavy atom. The molecule has 1 heterocycles. The standard InChI is InChI=1S/C17H17NO2/c1-18-8-7-10-3-2-4-12-15(10)13(18)9-11-5-6-14(19)17(20)16(11)12/h2-6,13,19-20H,7-9H2,1H3/t13-/m0/s1/i2D,3D,4D,5D,6D. The molecule has 2 aliphatic rings. The molecular formula is C17H17NO2. The number of hydrogen-bond acceptors (Lipinski definition) is 3. The number of nitrogens with zero attached hydrogens (tertiary/aromatic N) is 1. The van der Waals surface area contributed by atoms with E-state index in [-0.39, 0.29) is 35.8 Å². The lowest BCUT2D eigenvalue weighted by Gasteiger charge is -2.39. The molecule has 20 heavy (non-hydrogen) atoms. The molecule has 2 N–H and O–H groups in total. The van der Waals surface area contributed by atoms with Gasteiger partial charge in [0.2, 0.25) is 0 Å². The van der Waals surface area contributed by atoms with Crippen LogP contribution in [0.4, 0.5) is 0 Å². The average Bonchev–Trinajstić information content (AvgIpc) is 2.60. The number of rotatable bonds is 0. The summed E-state index contributed by atoms with van der Waals surface area (Å²) in [5, 5.41) is 20.5. The lowest BCUT2D eigenvalue weighted by Crippen LogP contribution is -2.35. The molecule has 0 saturated carbocycles. The van der Waals surface area contributed by atoms with Gasteiger partial charge in [0.1, 0.15) is 0 Å². The third-order valence-electron chi connectivity index (χ3n) is 4.32. The van der Waals surface area contributed by atoms with Crippen molar-refractivity contribution in [3.8, 4) is 22.6 Å². The average molecular weight is 272 g/mol. The monoisotopic (exact) mass is 272 g/mol. The minimum Gasteiger partial charge on any atom is -0.504 e. The van der Waals surface area contributed by atoms with Crippen LogP contribution < -0.4 is 0 Å². The SMILES string of the molecule is [2H]c1c([2H])c2c3c(c1[2H])-c1c(O)c(O)c([2H])c([2H])c1C[C@@H]3N(C)CC2. The largest absolute Gasteiger partial charge is 0.504 e. The summed E-state index contributed by atoms with van der Waals surface area (Å²) in [7, 11) is 1.93. The van der Waals surface area contributed by atoms with E-state index in [9.17, 15) is 10.2 Å². The molecule has 0 amide bonds. The molecule has 1 atom stereocenters. The van der Waals surface area contributed by atoms with Gasteiger partial charge < -0.3 is 10.2 Å². The maximum absolute atomic E-state index is 10.5. The normalized spacial score (nSPS) is 23.9. The minimum atomic E-state index is -0.680. The fraction of sp³-hybridized carbons (Fsp3) is 0.294. The Hall–Kier alpha value is -2.00. The van der Waals surface area contributed by atoms with E-state index in [0.717, 1.165) is 5.56 Å². The molecule has 3 heteroatoms. The molecule has 0 aromatic heterocycles. The van der Waals surface area contributed by atoms with Crippen molar-refractivity contribution < 1.29 is 17.1 Å². The highest BCUT2D eigenvalue weighted by Crippen LogP contribution is 2.49. The highest BCUT2D eigenvalue weighted by atomic mass is 16.3. The number of likely N-dealkylation sites (N-methyl/N-ethyl adjacent to an activating group) is 1. The van der Waals surface area contributed by atoms with Crippen molar-refractivity contribution in [2.24, 2.45) is 0 Å². The Labute approximate surface area is 125 Å². The zero-order valence-corrected chi connectivity index (χ0v) is 11.0. The van der Waals surface area contributed by atoms with Crippen molar-refractivity contribution >= 4 is 0 Å². The molecule has 1 aliphatic carbocycles. The number of aromatic hydroxyl groups is 2. The van der Waals surface area contributed by atoms with Crippen molar-refractivity contribution in [2.75, 3.05) is 13.6 Å². The maximum Gasteiger partial charge on any atom is 0.165 e. The smallest absolute Gasteiger partial charge is 0.165 e. The number of hydrogen-bond donors (Lipinski definition) is 2. The maximum atomic E-state index is 10.5. The summed E-state index contributed by atoms with van der Waals surface area (Å²) in [5.41, 5.74) is 2.32. The van der Waals surface area contributed by atoms with Crippen LogP contribution in [0.1, 0.15) is 29.6 Å². The Morgan fingerprint density at radius 2 is 2.05 bits per heavy atom. The van der Waals surface area contributed by atoms with Crippen LogP contribution in [0.3, 0.4) is 0 Å². The van der Waals surface area contributed by atoms with Gasteiger partial charge in [-0.2, -0.15) is 0 Å². The molecule has 2 aromatic rings. The van der Waals surface area contributed by atoms with Crippen LogP contribution in [-0.2, 0) is 12.8 Å². The van der Waals surface area contributed by atoms with Gasteiger partial charge in [-0.15, -0.1) is 0 Å². The summed E-state index contributed by atoms with van der Waals surface area (Å²) in [6.45, 7) is 0.695. The lowest BCUT2D eigenvalue weighted by atomic mass is 9.77. The third kappa shape index (κ3) is 1.44. The second kappa shape index (κ2) is 4.00. The minimum absolute atomic E-state index is 0.0391. The molecule has 0 radical (unpaired) electrons. The van der Waals surface area contributed by atoms with Crippen molar-refractivity contribution in [1.29, 1.82) is 0 Å². The molecule has 102 valence electrons. The Morgan fingerprint density at radius 3 is 2.90 bits per heavy atom. The molecule has 0 fully saturated rings. The van der Waals surface area contributed by atoms with Gasteiger partial charge in [0.05, 0.1) is 6.85 Å². The van der Waals surface area contributed by atoms with Gasteiger partial charge in [0.15, 0.2) is 11.5 Å². The fourth-order valence-corrected chi connectivity index (χ4v) is 3.27. The van der Waals surface area contributed by atoms with Crippen LogP contribution in [0, 0.1) is 0 Å². The van der Waals surface area contributed by atoms with E-state index < -0.39 is 17.5 Å². The zero-order valence-electron chi connectivity index (χ0n) is 16.0. The molecule has 3 nitrogen and oxygen atoms in total. The second-order valence-corrected chi connectivity index (χ2v) is 5.39. The summed E-state index contributed by atoms with van der Waals surface area (Å²) < 4.78 is 40.7. The van der Waals surface area contributed by atoms with E-state index in [4.69, 9.17) is 6.85 Å².